The van der Waals surface area contributed by atoms with Crippen LogP contribution in [0.2, 0.25) is 0 Å². The van der Waals surface area contributed by atoms with Gasteiger partial charge < -0.3 is 10.6 Å². The van der Waals surface area contributed by atoms with E-state index in [9.17, 15) is 4.79 Å². The quantitative estimate of drug-likeness (QED) is 0.866. The number of piperidine rings is 1. The van der Waals surface area contributed by atoms with Crippen LogP contribution in [-0.2, 0) is 11.2 Å². The van der Waals surface area contributed by atoms with Crippen LogP contribution in [0.5, 0.6) is 0 Å². The fourth-order valence-corrected chi connectivity index (χ4v) is 4.08. The zero-order valence-corrected chi connectivity index (χ0v) is 12.8. The Kier molecular flexibility index (Phi) is 4.47. The molecule has 1 saturated heterocycles. The number of benzene rings is 1. The smallest absolute Gasteiger partial charge is 0.223 e. The molecule has 2 N–H and O–H groups in total. The maximum atomic E-state index is 12.6. The van der Waals surface area contributed by atoms with Gasteiger partial charge in [0.15, 0.2) is 0 Å². The van der Waals surface area contributed by atoms with Crippen molar-refractivity contribution in [3.8, 4) is 0 Å². The SMILES string of the molecule is Nc1ccccc1CCC(=O)N1CCC[C@H]2CCCC[C@H]21. The Bertz CT molecular complexity index is 498. The lowest BCUT2D eigenvalue weighted by atomic mass is 9.78. The summed E-state index contributed by atoms with van der Waals surface area (Å²) in [6.45, 7) is 0.963. The number of hydrogen-bond donors (Lipinski definition) is 1. The van der Waals surface area contributed by atoms with E-state index in [-0.39, 0.29) is 0 Å². The van der Waals surface area contributed by atoms with Gasteiger partial charge in [0, 0.05) is 24.7 Å². The minimum atomic E-state index is 0.329. The molecule has 114 valence electrons. The van der Waals surface area contributed by atoms with E-state index in [1.54, 1.807) is 0 Å². The number of hydrogen-bond acceptors (Lipinski definition) is 2. The summed E-state index contributed by atoms with van der Waals surface area (Å²) in [5.74, 6) is 1.09. The van der Waals surface area contributed by atoms with E-state index in [0.717, 1.165) is 30.1 Å². The third-order valence-corrected chi connectivity index (χ3v) is 5.23. The van der Waals surface area contributed by atoms with Crippen molar-refractivity contribution in [3.05, 3.63) is 29.8 Å². The average molecular weight is 286 g/mol. The van der Waals surface area contributed by atoms with E-state index in [4.69, 9.17) is 5.73 Å². The van der Waals surface area contributed by atoms with E-state index >= 15 is 0 Å². The highest BCUT2D eigenvalue weighted by atomic mass is 16.2. The molecule has 0 unspecified atom stereocenters. The summed E-state index contributed by atoms with van der Waals surface area (Å²) in [6.07, 6.45) is 9.03. The number of fused-ring (bicyclic) bond motifs is 1. The van der Waals surface area contributed by atoms with E-state index in [2.05, 4.69) is 4.90 Å². The number of carbonyl (C=O) groups excluding carboxylic acids is 1. The molecule has 2 aliphatic rings. The Hall–Kier alpha value is -1.51. The standard InChI is InChI=1S/C18H26N2O/c19-16-9-3-1-6-14(16)11-12-18(21)20-13-5-8-15-7-2-4-10-17(15)20/h1,3,6,9,15,17H,2,4-5,7-8,10-13,19H2/t15-,17-/m1/s1. The van der Waals surface area contributed by atoms with Crippen molar-refractivity contribution in [2.24, 2.45) is 5.92 Å². The summed E-state index contributed by atoms with van der Waals surface area (Å²) in [6, 6.07) is 8.40. The van der Waals surface area contributed by atoms with E-state index < -0.39 is 0 Å². The fourth-order valence-electron chi connectivity index (χ4n) is 4.08. The lowest BCUT2D eigenvalue weighted by Crippen LogP contribution is -2.49. The summed E-state index contributed by atoms with van der Waals surface area (Å²) in [5.41, 5.74) is 7.87. The molecule has 1 aromatic rings. The van der Waals surface area contributed by atoms with Crippen LogP contribution >= 0.6 is 0 Å². The van der Waals surface area contributed by atoms with Gasteiger partial charge in [0.25, 0.3) is 0 Å². The molecule has 3 rings (SSSR count). The molecule has 0 bridgehead atoms. The second-order valence-electron chi connectivity index (χ2n) is 6.54. The normalized spacial score (nSPS) is 25.4. The molecule has 21 heavy (non-hydrogen) atoms. The van der Waals surface area contributed by atoms with Gasteiger partial charge in [-0.1, -0.05) is 31.0 Å². The fraction of sp³-hybridized carbons (Fsp3) is 0.611. The van der Waals surface area contributed by atoms with Gasteiger partial charge in [-0.15, -0.1) is 0 Å². The number of carbonyl (C=O) groups is 1. The van der Waals surface area contributed by atoms with Gasteiger partial charge in [-0.25, -0.2) is 0 Å². The van der Waals surface area contributed by atoms with Gasteiger partial charge in [-0.3, -0.25) is 4.79 Å². The first-order valence-electron chi connectivity index (χ1n) is 8.38. The third-order valence-electron chi connectivity index (χ3n) is 5.23. The highest BCUT2D eigenvalue weighted by Crippen LogP contribution is 2.35. The number of aryl methyl sites for hydroxylation is 1. The number of rotatable bonds is 3. The molecule has 3 nitrogen and oxygen atoms in total. The van der Waals surface area contributed by atoms with Crippen LogP contribution in [0.4, 0.5) is 5.69 Å². The second kappa shape index (κ2) is 6.50. The Labute approximate surface area is 127 Å². The average Bonchev–Trinajstić information content (AvgIpc) is 2.53. The molecule has 1 aromatic carbocycles. The molecule has 1 aliphatic heterocycles. The lowest BCUT2D eigenvalue weighted by Gasteiger charge is -2.44. The van der Waals surface area contributed by atoms with Crippen molar-refractivity contribution >= 4 is 11.6 Å². The number of nitrogen functional groups attached to an aromatic ring is 1. The maximum absolute atomic E-state index is 12.6. The van der Waals surface area contributed by atoms with Crippen molar-refractivity contribution < 1.29 is 4.79 Å². The van der Waals surface area contributed by atoms with E-state index in [1.807, 2.05) is 24.3 Å². The van der Waals surface area contributed by atoms with Crippen molar-refractivity contribution in [1.29, 1.82) is 0 Å². The topological polar surface area (TPSA) is 46.3 Å². The van der Waals surface area contributed by atoms with Crippen LogP contribution in [0, 0.1) is 5.92 Å². The van der Waals surface area contributed by atoms with Gasteiger partial charge in [0.1, 0.15) is 0 Å². The number of nitrogens with zero attached hydrogens (tertiary/aromatic N) is 1. The van der Waals surface area contributed by atoms with Crippen molar-refractivity contribution in [2.45, 2.75) is 57.4 Å². The van der Waals surface area contributed by atoms with Crippen LogP contribution in [0.1, 0.15) is 50.5 Å². The summed E-state index contributed by atoms with van der Waals surface area (Å²) >= 11 is 0. The number of para-hydroxylation sites is 1. The first-order valence-corrected chi connectivity index (χ1v) is 8.38. The van der Waals surface area contributed by atoms with Crippen LogP contribution in [0.25, 0.3) is 0 Å². The van der Waals surface area contributed by atoms with Crippen LogP contribution in [-0.4, -0.2) is 23.4 Å². The van der Waals surface area contributed by atoms with Crippen LogP contribution < -0.4 is 5.73 Å². The van der Waals surface area contributed by atoms with Crippen molar-refractivity contribution in [1.82, 2.24) is 4.90 Å². The Balaban J connectivity index is 1.60. The molecule has 1 amide bonds. The monoisotopic (exact) mass is 286 g/mol. The summed E-state index contributed by atoms with van der Waals surface area (Å²) < 4.78 is 0. The first-order chi connectivity index (χ1) is 10.3. The molecule has 0 radical (unpaired) electrons. The molecular weight excluding hydrogens is 260 g/mol. The molecule has 0 spiro atoms. The predicted octanol–water partition coefficient (Wildman–Crippen LogP) is 3.38. The molecule has 3 heteroatoms. The van der Waals surface area contributed by atoms with Crippen molar-refractivity contribution in [2.75, 3.05) is 12.3 Å². The second-order valence-corrected chi connectivity index (χ2v) is 6.54. The molecule has 2 fully saturated rings. The van der Waals surface area contributed by atoms with Crippen molar-refractivity contribution in [3.63, 3.8) is 0 Å². The largest absolute Gasteiger partial charge is 0.399 e. The Morgan fingerprint density at radius 3 is 2.76 bits per heavy atom. The Morgan fingerprint density at radius 2 is 1.90 bits per heavy atom. The van der Waals surface area contributed by atoms with Gasteiger partial charge in [-0.05, 0) is 49.7 Å². The van der Waals surface area contributed by atoms with Gasteiger partial charge in [0.05, 0.1) is 0 Å². The van der Waals surface area contributed by atoms with Crippen LogP contribution in [0.3, 0.4) is 0 Å². The minimum Gasteiger partial charge on any atom is -0.399 e. The van der Waals surface area contributed by atoms with E-state index in [1.165, 1.54) is 38.5 Å². The zero-order chi connectivity index (χ0) is 14.7. The van der Waals surface area contributed by atoms with Gasteiger partial charge >= 0.3 is 0 Å². The molecular formula is C18H26N2O. The number of nitrogens with two attached hydrogens (primary N) is 1. The minimum absolute atomic E-state index is 0.329. The molecule has 1 aliphatic carbocycles. The third kappa shape index (κ3) is 3.22. The summed E-state index contributed by atoms with van der Waals surface area (Å²) in [5, 5.41) is 0. The highest BCUT2D eigenvalue weighted by Gasteiger charge is 2.35. The molecule has 1 saturated carbocycles. The van der Waals surface area contributed by atoms with Crippen LogP contribution in [0.15, 0.2) is 24.3 Å². The van der Waals surface area contributed by atoms with E-state index in [0.29, 0.717) is 18.4 Å². The highest BCUT2D eigenvalue weighted by molar-refractivity contribution is 5.77. The summed E-state index contributed by atoms with van der Waals surface area (Å²) in [4.78, 5) is 14.8. The van der Waals surface area contributed by atoms with Gasteiger partial charge in [-0.2, -0.15) is 0 Å². The van der Waals surface area contributed by atoms with Gasteiger partial charge in [0.2, 0.25) is 5.91 Å². The maximum Gasteiger partial charge on any atom is 0.223 e. The lowest BCUT2D eigenvalue weighted by molar-refractivity contribution is -0.137. The number of amides is 1. The number of likely N-dealkylation sites (tertiary alicyclic amines) is 1. The molecule has 0 aromatic heterocycles. The Morgan fingerprint density at radius 1 is 1.14 bits per heavy atom. The first kappa shape index (κ1) is 14.4. The predicted molar refractivity (Wildman–Crippen MR) is 85.9 cm³/mol. The molecule has 2 atom stereocenters. The molecule has 1 heterocycles. The summed E-state index contributed by atoms with van der Waals surface area (Å²) in [7, 11) is 0. The zero-order valence-electron chi connectivity index (χ0n) is 12.8. The number of anilines is 1.